The lowest BCUT2D eigenvalue weighted by atomic mass is 9.81. The zero-order valence-electron chi connectivity index (χ0n) is 18.2. The molecule has 0 bridgehead atoms. The average molecular weight is 410 g/mol. The number of carbonyl (C=O) groups is 2. The molecule has 160 valence electrons. The van der Waals surface area contributed by atoms with Gasteiger partial charge >= 0.3 is 6.03 Å². The molecule has 0 aromatic heterocycles. The molecule has 1 unspecified atom stereocenters. The number of piperidine rings is 1. The van der Waals surface area contributed by atoms with E-state index in [9.17, 15) is 9.59 Å². The number of nitrogens with one attached hydrogen (secondary N) is 2. The van der Waals surface area contributed by atoms with E-state index in [-0.39, 0.29) is 11.9 Å². The fourth-order valence-corrected chi connectivity index (χ4v) is 3.86. The SMILES string of the molecule is COc1cccc(CNC(=O)C2(C)CCCN(C(=O)Nc3cccc(C)c3C)C2)c1. The molecule has 0 radical (unpaired) electrons. The zero-order valence-corrected chi connectivity index (χ0v) is 18.2. The van der Waals surface area contributed by atoms with Gasteiger partial charge in [0.25, 0.3) is 0 Å². The van der Waals surface area contributed by atoms with Crippen LogP contribution in [0.5, 0.6) is 5.75 Å². The number of carbonyl (C=O) groups excluding carboxylic acids is 2. The largest absolute Gasteiger partial charge is 0.497 e. The molecule has 1 fully saturated rings. The first-order chi connectivity index (χ1) is 14.3. The molecular weight excluding hydrogens is 378 g/mol. The maximum atomic E-state index is 13.0. The third-order valence-electron chi connectivity index (χ3n) is 5.97. The Labute approximate surface area is 178 Å². The van der Waals surface area contributed by atoms with Gasteiger partial charge in [0.05, 0.1) is 12.5 Å². The van der Waals surface area contributed by atoms with Crippen molar-refractivity contribution in [3.8, 4) is 5.75 Å². The number of amides is 3. The van der Waals surface area contributed by atoms with E-state index >= 15 is 0 Å². The second kappa shape index (κ2) is 9.20. The molecule has 0 saturated carbocycles. The van der Waals surface area contributed by atoms with Gasteiger partial charge in [-0.3, -0.25) is 4.79 Å². The molecule has 1 aliphatic heterocycles. The second-order valence-electron chi connectivity index (χ2n) is 8.30. The van der Waals surface area contributed by atoms with Gasteiger partial charge in [-0.15, -0.1) is 0 Å². The van der Waals surface area contributed by atoms with E-state index in [1.165, 1.54) is 0 Å². The molecule has 2 aromatic carbocycles. The van der Waals surface area contributed by atoms with Gasteiger partial charge in [-0.2, -0.15) is 0 Å². The normalized spacial score (nSPS) is 18.6. The van der Waals surface area contributed by atoms with Crippen molar-refractivity contribution in [1.82, 2.24) is 10.2 Å². The van der Waals surface area contributed by atoms with Crippen LogP contribution in [-0.4, -0.2) is 37.0 Å². The maximum absolute atomic E-state index is 13.0. The van der Waals surface area contributed by atoms with Crippen LogP contribution in [0.15, 0.2) is 42.5 Å². The molecule has 1 atom stereocenters. The number of urea groups is 1. The molecule has 1 saturated heterocycles. The van der Waals surface area contributed by atoms with Gasteiger partial charge in [-0.05, 0) is 68.5 Å². The maximum Gasteiger partial charge on any atom is 0.321 e. The molecule has 2 N–H and O–H groups in total. The van der Waals surface area contributed by atoms with Gasteiger partial charge in [0.2, 0.25) is 5.91 Å². The first kappa shape index (κ1) is 21.7. The van der Waals surface area contributed by atoms with Crippen molar-refractivity contribution in [3.05, 3.63) is 59.2 Å². The summed E-state index contributed by atoms with van der Waals surface area (Å²) in [5.74, 6) is 0.731. The van der Waals surface area contributed by atoms with Crippen LogP contribution in [0.25, 0.3) is 0 Å². The second-order valence-corrected chi connectivity index (χ2v) is 8.30. The highest BCUT2D eigenvalue weighted by Gasteiger charge is 2.39. The van der Waals surface area contributed by atoms with E-state index in [0.29, 0.717) is 19.6 Å². The summed E-state index contributed by atoms with van der Waals surface area (Å²) in [5, 5.41) is 6.04. The van der Waals surface area contributed by atoms with Gasteiger partial charge in [-0.25, -0.2) is 4.79 Å². The van der Waals surface area contributed by atoms with E-state index in [0.717, 1.165) is 41.0 Å². The monoisotopic (exact) mass is 409 g/mol. The standard InChI is InChI=1S/C24H31N3O3/c1-17-8-5-11-21(18(17)2)26-23(29)27-13-7-12-24(3,16-27)22(28)25-15-19-9-6-10-20(14-19)30-4/h5-6,8-11,14H,7,12-13,15-16H2,1-4H3,(H,25,28)(H,26,29). The number of hydrogen-bond donors (Lipinski definition) is 2. The molecule has 30 heavy (non-hydrogen) atoms. The summed E-state index contributed by atoms with van der Waals surface area (Å²) < 4.78 is 5.24. The highest BCUT2D eigenvalue weighted by Crippen LogP contribution is 2.30. The third-order valence-corrected chi connectivity index (χ3v) is 5.97. The molecule has 2 aromatic rings. The number of nitrogens with zero attached hydrogens (tertiary/aromatic N) is 1. The summed E-state index contributed by atoms with van der Waals surface area (Å²) in [7, 11) is 1.62. The lowest BCUT2D eigenvalue weighted by Gasteiger charge is -2.39. The topological polar surface area (TPSA) is 70.7 Å². The van der Waals surface area contributed by atoms with Crippen molar-refractivity contribution in [2.45, 2.75) is 40.2 Å². The van der Waals surface area contributed by atoms with Gasteiger partial charge in [0.1, 0.15) is 5.75 Å². The van der Waals surface area contributed by atoms with E-state index in [4.69, 9.17) is 4.74 Å². The number of ether oxygens (including phenoxy) is 1. The number of rotatable bonds is 5. The average Bonchev–Trinajstić information content (AvgIpc) is 2.75. The van der Waals surface area contributed by atoms with Crippen LogP contribution in [0.1, 0.15) is 36.5 Å². The number of benzene rings is 2. The molecular formula is C24H31N3O3. The molecule has 3 amide bonds. The number of hydrogen-bond acceptors (Lipinski definition) is 3. The van der Waals surface area contributed by atoms with Crippen LogP contribution in [0.4, 0.5) is 10.5 Å². The molecule has 6 nitrogen and oxygen atoms in total. The lowest BCUT2D eigenvalue weighted by Crippen LogP contribution is -2.52. The summed E-state index contributed by atoms with van der Waals surface area (Å²) >= 11 is 0. The Kier molecular flexibility index (Phi) is 6.65. The summed E-state index contributed by atoms with van der Waals surface area (Å²) in [4.78, 5) is 27.6. The first-order valence-corrected chi connectivity index (χ1v) is 10.4. The van der Waals surface area contributed by atoms with Crippen LogP contribution in [0.2, 0.25) is 0 Å². The van der Waals surface area contributed by atoms with Gasteiger partial charge in [-0.1, -0.05) is 24.3 Å². The van der Waals surface area contributed by atoms with Crippen molar-refractivity contribution in [3.63, 3.8) is 0 Å². The lowest BCUT2D eigenvalue weighted by molar-refractivity contribution is -0.132. The number of likely N-dealkylation sites (tertiary alicyclic amines) is 1. The van der Waals surface area contributed by atoms with Crippen molar-refractivity contribution >= 4 is 17.6 Å². The van der Waals surface area contributed by atoms with Crippen molar-refractivity contribution in [2.75, 3.05) is 25.5 Å². The van der Waals surface area contributed by atoms with Gasteiger partial charge in [0.15, 0.2) is 0 Å². The summed E-state index contributed by atoms with van der Waals surface area (Å²) in [6.07, 6.45) is 1.55. The van der Waals surface area contributed by atoms with Crippen molar-refractivity contribution in [2.24, 2.45) is 5.41 Å². The Morgan fingerprint density at radius 2 is 1.93 bits per heavy atom. The van der Waals surface area contributed by atoms with Gasteiger partial charge in [0, 0.05) is 25.3 Å². The smallest absolute Gasteiger partial charge is 0.321 e. The zero-order chi connectivity index (χ0) is 21.7. The van der Waals surface area contributed by atoms with E-state index in [1.807, 2.05) is 63.2 Å². The van der Waals surface area contributed by atoms with E-state index in [1.54, 1.807) is 12.0 Å². The minimum Gasteiger partial charge on any atom is -0.497 e. The Bertz CT molecular complexity index is 928. The van der Waals surface area contributed by atoms with Crippen LogP contribution in [0.3, 0.4) is 0 Å². The third kappa shape index (κ3) is 4.93. The molecule has 0 aliphatic carbocycles. The van der Waals surface area contributed by atoms with E-state index in [2.05, 4.69) is 10.6 Å². The Balaban J connectivity index is 1.62. The minimum atomic E-state index is -0.615. The van der Waals surface area contributed by atoms with Crippen molar-refractivity contribution < 1.29 is 14.3 Å². The predicted octanol–water partition coefficient (Wildman–Crippen LogP) is 4.26. The van der Waals surface area contributed by atoms with Crippen LogP contribution < -0.4 is 15.4 Å². The Morgan fingerprint density at radius 1 is 1.17 bits per heavy atom. The highest BCUT2D eigenvalue weighted by atomic mass is 16.5. The summed E-state index contributed by atoms with van der Waals surface area (Å²) in [6.45, 7) is 7.43. The van der Waals surface area contributed by atoms with Crippen molar-refractivity contribution in [1.29, 1.82) is 0 Å². The molecule has 1 heterocycles. The number of methoxy groups -OCH3 is 1. The molecule has 1 aliphatic rings. The Morgan fingerprint density at radius 3 is 2.70 bits per heavy atom. The highest BCUT2D eigenvalue weighted by molar-refractivity contribution is 5.91. The number of anilines is 1. The first-order valence-electron chi connectivity index (χ1n) is 10.4. The van der Waals surface area contributed by atoms with Gasteiger partial charge < -0.3 is 20.3 Å². The molecule has 0 spiro atoms. The fourth-order valence-electron chi connectivity index (χ4n) is 3.86. The number of aryl methyl sites for hydroxylation is 1. The van der Waals surface area contributed by atoms with Crippen LogP contribution >= 0.6 is 0 Å². The minimum absolute atomic E-state index is 0.0328. The van der Waals surface area contributed by atoms with Crippen LogP contribution in [-0.2, 0) is 11.3 Å². The summed E-state index contributed by atoms with van der Waals surface area (Å²) in [6, 6.07) is 13.4. The summed E-state index contributed by atoms with van der Waals surface area (Å²) in [5.41, 5.74) is 3.37. The van der Waals surface area contributed by atoms with E-state index < -0.39 is 5.41 Å². The van der Waals surface area contributed by atoms with Crippen LogP contribution in [0, 0.1) is 19.3 Å². The molecule has 6 heteroatoms. The Hall–Kier alpha value is -3.02. The fraction of sp³-hybridized carbons (Fsp3) is 0.417. The predicted molar refractivity (Wildman–Crippen MR) is 119 cm³/mol. The quantitative estimate of drug-likeness (QED) is 0.775. The molecule has 3 rings (SSSR count).